The minimum atomic E-state index is -0.415. The fourth-order valence-corrected chi connectivity index (χ4v) is 4.57. The third-order valence-corrected chi connectivity index (χ3v) is 6.92. The number of fused-ring (bicyclic) bond motifs is 1. The van der Waals surface area contributed by atoms with Gasteiger partial charge in [0.15, 0.2) is 15.6 Å². The van der Waals surface area contributed by atoms with E-state index in [0.717, 1.165) is 12.8 Å². The van der Waals surface area contributed by atoms with Crippen LogP contribution in [-0.4, -0.2) is 51.2 Å². The number of methoxy groups -OCH3 is 1. The van der Waals surface area contributed by atoms with Crippen molar-refractivity contribution >= 4 is 44.5 Å². The highest BCUT2D eigenvalue weighted by Crippen LogP contribution is 2.34. The molecule has 0 spiro atoms. The zero-order valence-corrected chi connectivity index (χ0v) is 21.7. The van der Waals surface area contributed by atoms with Gasteiger partial charge in [-0.15, -0.1) is 0 Å². The van der Waals surface area contributed by atoms with Crippen LogP contribution in [0.15, 0.2) is 30.7 Å². The molecule has 1 N–H and O–H groups in total. The first-order valence-electron chi connectivity index (χ1n) is 11.8. The summed E-state index contributed by atoms with van der Waals surface area (Å²) in [5.74, 6) is 13.1. The standard InChI is InChI=1S/C27H19ClN6O3S/c1-36-22-12-30-23(28)9-20(22)19-8-17(6-5-16-13-37-14-16)29-11-21(19)25(35)34-27-33-24-26(38-27)32-18(10-31-24)7-4-15-2-3-15/h8-12,15-16H,2-3,13-14H2,1H3,(H,31,33,34,35). The molecular weight excluding hydrogens is 524 g/mol. The van der Waals surface area contributed by atoms with Gasteiger partial charge in [-0.3, -0.25) is 10.1 Å². The van der Waals surface area contributed by atoms with Gasteiger partial charge in [0, 0.05) is 23.2 Å². The highest BCUT2D eigenvalue weighted by molar-refractivity contribution is 7.21. The van der Waals surface area contributed by atoms with Crippen LogP contribution in [0.25, 0.3) is 21.6 Å². The van der Waals surface area contributed by atoms with E-state index >= 15 is 0 Å². The Bertz CT molecular complexity index is 1690. The molecule has 1 amide bonds. The summed E-state index contributed by atoms with van der Waals surface area (Å²) in [7, 11) is 1.52. The average molecular weight is 543 g/mol. The first kappa shape index (κ1) is 24.3. The van der Waals surface area contributed by atoms with Gasteiger partial charge in [-0.25, -0.2) is 19.9 Å². The summed E-state index contributed by atoms with van der Waals surface area (Å²) in [6, 6.07) is 3.38. The Hall–Kier alpha value is -4.09. The summed E-state index contributed by atoms with van der Waals surface area (Å²) in [5.41, 5.74) is 2.95. The molecule has 6 rings (SSSR count). The number of rotatable bonds is 4. The number of anilines is 1. The zero-order valence-electron chi connectivity index (χ0n) is 20.1. The third-order valence-electron chi connectivity index (χ3n) is 5.86. The lowest BCUT2D eigenvalue weighted by Crippen LogP contribution is -2.25. The van der Waals surface area contributed by atoms with Gasteiger partial charge in [0.2, 0.25) is 0 Å². The average Bonchev–Trinajstić information content (AvgIpc) is 3.64. The monoisotopic (exact) mass is 542 g/mol. The molecule has 0 radical (unpaired) electrons. The predicted octanol–water partition coefficient (Wildman–Crippen LogP) is 4.22. The molecule has 0 atom stereocenters. The normalized spacial score (nSPS) is 14.6. The molecule has 1 saturated heterocycles. The van der Waals surface area contributed by atoms with Crippen molar-refractivity contribution in [1.82, 2.24) is 24.9 Å². The van der Waals surface area contributed by atoms with Gasteiger partial charge in [0.1, 0.15) is 22.3 Å². The van der Waals surface area contributed by atoms with E-state index in [-0.39, 0.29) is 11.1 Å². The molecule has 0 aromatic carbocycles. The quantitative estimate of drug-likeness (QED) is 0.301. The van der Waals surface area contributed by atoms with Crippen LogP contribution in [0.2, 0.25) is 5.15 Å². The van der Waals surface area contributed by atoms with Crippen LogP contribution in [0, 0.1) is 35.5 Å². The summed E-state index contributed by atoms with van der Waals surface area (Å²) in [6.07, 6.45) is 6.86. The number of carbonyl (C=O) groups excluding carboxylic acids is 1. The Kier molecular flexibility index (Phi) is 6.61. The number of nitrogens with one attached hydrogen (secondary N) is 1. The molecule has 4 aromatic rings. The lowest BCUT2D eigenvalue weighted by atomic mass is 10.00. The Morgan fingerprint density at radius 2 is 1.84 bits per heavy atom. The zero-order chi connectivity index (χ0) is 26.1. The van der Waals surface area contributed by atoms with Crippen LogP contribution in [0.1, 0.15) is 34.6 Å². The number of ether oxygens (including phenoxy) is 2. The second-order valence-electron chi connectivity index (χ2n) is 8.73. The van der Waals surface area contributed by atoms with Gasteiger partial charge in [-0.2, -0.15) is 4.98 Å². The van der Waals surface area contributed by atoms with Crippen molar-refractivity contribution in [2.75, 3.05) is 25.6 Å². The van der Waals surface area contributed by atoms with Crippen LogP contribution in [0.3, 0.4) is 0 Å². The van der Waals surface area contributed by atoms with E-state index in [2.05, 4.69) is 53.9 Å². The Morgan fingerprint density at radius 1 is 1.03 bits per heavy atom. The Morgan fingerprint density at radius 3 is 2.61 bits per heavy atom. The van der Waals surface area contributed by atoms with Crippen LogP contribution in [-0.2, 0) is 4.74 Å². The van der Waals surface area contributed by atoms with Crippen molar-refractivity contribution in [3.8, 4) is 40.6 Å². The van der Waals surface area contributed by atoms with Gasteiger partial charge in [0.25, 0.3) is 5.91 Å². The van der Waals surface area contributed by atoms with Crippen molar-refractivity contribution in [2.24, 2.45) is 11.8 Å². The van der Waals surface area contributed by atoms with E-state index in [1.165, 1.54) is 30.8 Å². The third kappa shape index (κ3) is 5.29. The highest BCUT2D eigenvalue weighted by Gasteiger charge is 2.21. The molecule has 9 nitrogen and oxygen atoms in total. The van der Waals surface area contributed by atoms with Crippen molar-refractivity contribution < 1.29 is 14.3 Å². The van der Waals surface area contributed by atoms with Crippen molar-refractivity contribution in [2.45, 2.75) is 12.8 Å². The van der Waals surface area contributed by atoms with Crippen LogP contribution in [0.4, 0.5) is 5.13 Å². The first-order valence-corrected chi connectivity index (χ1v) is 13.0. The van der Waals surface area contributed by atoms with E-state index < -0.39 is 5.91 Å². The van der Waals surface area contributed by atoms with Gasteiger partial charge in [-0.1, -0.05) is 34.8 Å². The van der Waals surface area contributed by atoms with Gasteiger partial charge in [-0.05, 0) is 36.8 Å². The van der Waals surface area contributed by atoms with E-state index in [1.807, 2.05) is 0 Å². The number of hydrogen-bond acceptors (Lipinski definition) is 9. The molecule has 2 aliphatic rings. The number of nitrogens with zero attached hydrogens (tertiary/aromatic N) is 5. The molecule has 5 heterocycles. The second-order valence-corrected chi connectivity index (χ2v) is 10.1. The highest BCUT2D eigenvalue weighted by atomic mass is 35.5. The molecule has 1 aliphatic heterocycles. The molecule has 1 saturated carbocycles. The molecular formula is C27H19ClN6O3S. The second kappa shape index (κ2) is 10.3. The predicted molar refractivity (Wildman–Crippen MR) is 143 cm³/mol. The van der Waals surface area contributed by atoms with E-state index in [0.29, 0.717) is 68.6 Å². The lowest BCUT2D eigenvalue weighted by Gasteiger charge is -2.19. The number of amides is 1. The van der Waals surface area contributed by atoms with Crippen LogP contribution < -0.4 is 10.1 Å². The van der Waals surface area contributed by atoms with E-state index in [1.54, 1.807) is 18.3 Å². The molecule has 1 aliphatic carbocycles. The van der Waals surface area contributed by atoms with Crippen molar-refractivity contribution in [3.05, 3.63) is 52.8 Å². The number of carbonyl (C=O) groups is 1. The SMILES string of the molecule is COc1cnc(Cl)cc1-c1cc(C#CC2COC2)ncc1C(=O)Nc1nc2ncc(C#CC3CC3)nc2s1. The Labute approximate surface area is 227 Å². The topological polar surface area (TPSA) is 112 Å². The van der Waals surface area contributed by atoms with Crippen LogP contribution in [0.5, 0.6) is 5.75 Å². The smallest absolute Gasteiger partial charge is 0.259 e. The summed E-state index contributed by atoms with van der Waals surface area (Å²) >= 11 is 7.42. The summed E-state index contributed by atoms with van der Waals surface area (Å²) in [4.78, 5) is 35.8. The first-order chi connectivity index (χ1) is 18.6. The van der Waals surface area contributed by atoms with Crippen molar-refractivity contribution in [1.29, 1.82) is 0 Å². The molecule has 11 heteroatoms. The minimum Gasteiger partial charge on any atom is -0.494 e. The molecule has 38 heavy (non-hydrogen) atoms. The number of hydrogen-bond donors (Lipinski definition) is 1. The summed E-state index contributed by atoms with van der Waals surface area (Å²) in [6.45, 7) is 1.21. The van der Waals surface area contributed by atoms with Crippen LogP contribution >= 0.6 is 22.9 Å². The van der Waals surface area contributed by atoms with E-state index in [9.17, 15) is 4.79 Å². The number of pyridine rings is 2. The minimum absolute atomic E-state index is 0.176. The maximum Gasteiger partial charge on any atom is 0.259 e. The molecule has 0 unspecified atom stereocenters. The number of aromatic nitrogens is 5. The maximum atomic E-state index is 13.5. The van der Waals surface area contributed by atoms with Crippen molar-refractivity contribution in [3.63, 3.8) is 0 Å². The summed E-state index contributed by atoms with van der Waals surface area (Å²) < 4.78 is 10.7. The van der Waals surface area contributed by atoms with Gasteiger partial charge in [0.05, 0.1) is 44.2 Å². The molecule has 2 fully saturated rings. The fraction of sp³-hybridized carbons (Fsp3) is 0.259. The lowest BCUT2D eigenvalue weighted by molar-refractivity contribution is -0.00300. The van der Waals surface area contributed by atoms with Gasteiger partial charge < -0.3 is 9.47 Å². The largest absolute Gasteiger partial charge is 0.494 e. The van der Waals surface area contributed by atoms with E-state index in [4.69, 9.17) is 21.1 Å². The molecule has 4 aromatic heterocycles. The fourth-order valence-electron chi connectivity index (χ4n) is 3.62. The Balaban J connectivity index is 1.33. The number of halogens is 1. The maximum absolute atomic E-state index is 13.5. The van der Waals surface area contributed by atoms with Gasteiger partial charge >= 0.3 is 0 Å². The molecule has 0 bridgehead atoms. The number of thiazole rings is 1. The summed E-state index contributed by atoms with van der Waals surface area (Å²) in [5, 5.41) is 3.46. The molecule has 188 valence electrons.